The second kappa shape index (κ2) is 6.23. The maximum atomic E-state index is 12.7. The SMILES string of the molecule is CCN(Cc1ccncc1)S(=O)(=O)c1cn(CC)nc1N. The fourth-order valence-electron chi connectivity index (χ4n) is 1.98. The van der Waals surface area contributed by atoms with E-state index in [1.54, 1.807) is 31.5 Å². The van der Waals surface area contributed by atoms with Crippen molar-refractivity contribution in [1.82, 2.24) is 19.1 Å². The van der Waals surface area contributed by atoms with Crippen molar-refractivity contribution in [3.63, 3.8) is 0 Å². The summed E-state index contributed by atoms with van der Waals surface area (Å²) in [7, 11) is -3.66. The molecule has 0 radical (unpaired) electrons. The molecule has 0 atom stereocenters. The average Bonchev–Trinajstić information content (AvgIpc) is 2.87. The lowest BCUT2D eigenvalue weighted by Gasteiger charge is -2.19. The van der Waals surface area contributed by atoms with Crippen molar-refractivity contribution in [2.24, 2.45) is 0 Å². The van der Waals surface area contributed by atoms with Crippen LogP contribution in [0.15, 0.2) is 35.6 Å². The Bertz CT molecular complexity index is 697. The minimum absolute atomic E-state index is 0.0324. The molecule has 0 saturated carbocycles. The maximum Gasteiger partial charge on any atom is 0.248 e. The van der Waals surface area contributed by atoms with Gasteiger partial charge in [0.2, 0.25) is 10.0 Å². The van der Waals surface area contributed by atoms with Gasteiger partial charge in [-0.15, -0.1) is 0 Å². The Kier molecular flexibility index (Phi) is 4.59. The highest BCUT2D eigenvalue weighted by Crippen LogP contribution is 2.22. The lowest BCUT2D eigenvalue weighted by molar-refractivity contribution is 0.423. The van der Waals surface area contributed by atoms with Gasteiger partial charge in [-0.2, -0.15) is 9.40 Å². The van der Waals surface area contributed by atoms with Crippen molar-refractivity contribution in [3.8, 4) is 0 Å². The number of nitrogens with two attached hydrogens (primary N) is 1. The van der Waals surface area contributed by atoms with Gasteiger partial charge in [-0.3, -0.25) is 9.67 Å². The van der Waals surface area contributed by atoms with Gasteiger partial charge in [0, 0.05) is 38.2 Å². The van der Waals surface area contributed by atoms with Gasteiger partial charge in [-0.25, -0.2) is 8.42 Å². The summed E-state index contributed by atoms with van der Waals surface area (Å²) in [6, 6.07) is 3.58. The van der Waals surface area contributed by atoms with E-state index in [0.29, 0.717) is 13.1 Å². The molecule has 8 heteroatoms. The number of hydrogen-bond acceptors (Lipinski definition) is 5. The molecule has 0 saturated heterocycles. The average molecular weight is 309 g/mol. The van der Waals surface area contributed by atoms with Crippen molar-refractivity contribution in [3.05, 3.63) is 36.3 Å². The van der Waals surface area contributed by atoms with Crippen LogP contribution in [0.1, 0.15) is 19.4 Å². The van der Waals surface area contributed by atoms with E-state index in [4.69, 9.17) is 5.73 Å². The van der Waals surface area contributed by atoms with E-state index in [1.165, 1.54) is 15.2 Å². The molecule has 0 aliphatic heterocycles. The van der Waals surface area contributed by atoms with Gasteiger partial charge in [0.05, 0.1) is 0 Å². The molecular weight excluding hydrogens is 290 g/mol. The molecule has 0 aliphatic rings. The highest BCUT2D eigenvalue weighted by molar-refractivity contribution is 7.89. The largest absolute Gasteiger partial charge is 0.381 e. The van der Waals surface area contributed by atoms with E-state index in [2.05, 4.69) is 10.1 Å². The summed E-state index contributed by atoms with van der Waals surface area (Å²) in [6.45, 7) is 4.85. The Labute approximate surface area is 124 Å². The molecule has 0 fully saturated rings. The van der Waals surface area contributed by atoms with E-state index in [-0.39, 0.29) is 17.3 Å². The summed E-state index contributed by atoms with van der Waals surface area (Å²) in [5.74, 6) is 0.0324. The van der Waals surface area contributed by atoms with Crippen LogP contribution >= 0.6 is 0 Å². The summed E-state index contributed by atoms with van der Waals surface area (Å²) in [5, 5.41) is 4.00. The lowest BCUT2D eigenvalue weighted by atomic mass is 10.3. The number of pyridine rings is 1. The fourth-order valence-corrected chi connectivity index (χ4v) is 3.47. The first-order valence-electron chi connectivity index (χ1n) is 6.71. The van der Waals surface area contributed by atoms with Crippen LogP contribution in [0.4, 0.5) is 5.82 Å². The van der Waals surface area contributed by atoms with Crippen LogP contribution in [0.2, 0.25) is 0 Å². The van der Waals surface area contributed by atoms with Crippen molar-refractivity contribution in [2.45, 2.75) is 31.8 Å². The zero-order valence-corrected chi connectivity index (χ0v) is 12.9. The van der Waals surface area contributed by atoms with Crippen LogP contribution in [0.25, 0.3) is 0 Å². The lowest BCUT2D eigenvalue weighted by Crippen LogP contribution is -2.30. The number of anilines is 1. The Balaban J connectivity index is 2.33. The van der Waals surface area contributed by atoms with Gasteiger partial charge in [-0.05, 0) is 24.6 Å². The van der Waals surface area contributed by atoms with Crippen LogP contribution in [-0.4, -0.2) is 34.0 Å². The Hall–Kier alpha value is -1.93. The first kappa shape index (κ1) is 15.5. The summed E-state index contributed by atoms with van der Waals surface area (Å²) in [5.41, 5.74) is 6.61. The Morgan fingerprint density at radius 1 is 1.29 bits per heavy atom. The molecule has 0 unspecified atom stereocenters. The minimum Gasteiger partial charge on any atom is -0.381 e. The molecule has 0 spiro atoms. The topological polar surface area (TPSA) is 94.1 Å². The molecule has 114 valence electrons. The molecule has 2 aromatic rings. The van der Waals surface area contributed by atoms with E-state index in [1.807, 2.05) is 6.92 Å². The highest BCUT2D eigenvalue weighted by Gasteiger charge is 2.27. The predicted octanol–water partition coefficient (Wildman–Crippen LogP) is 1.09. The second-order valence-electron chi connectivity index (χ2n) is 4.52. The molecule has 0 aliphatic carbocycles. The normalized spacial score (nSPS) is 12.0. The third kappa shape index (κ3) is 3.22. The third-order valence-electron chi connectivity index (χ3n) is 3.16. The molecule has 2 rings (SSSR count). The van der Waals surface area contributed by atoms with Crippen molar-refractivity contribution in [1.29, 1.82) is 0 Å². The van der Waals surface area contributed by atoms with Crippen LogP contribution in [0.3, 0.4) is 0 Å². The Morgan fingerprint density at radius 2 is 1.95 bits per heavy atom. The molecule has 0 aromatic carbocycles. The van der Waals surface area contributed by atoms with Crippen LogP contribution in [0.5, 0.6) is 0 Å². The molecule has 0 bridgehead atoms. The Morgan fingerprint density at radius 3 is 2.48 bits per heavy atom. The number of rotatable bonds is 6. The van der Waals surface area contributed by atoms with Crippen LogP contribution in [-0.2, 0) is 23.1 Å². The van der Waals surface area contributed by atoms with Gasteiger partial charge in [0.25, 0.3) is 0 Å². The minimum atomic E-state index is -3.66. The van der Waals surface area contributed by atoms with E-state index < -0.39 is 10.0 Å². The number of nitrogen functional groups attached to an aromatic ring is 1. The number of hydrogen-bond donors (Lipinski definition) is 1. The molecule has 0 amide bonds. The first-order valence-corrected chi connectivity index (χ1v) is 8.15. The number of aromatic nitrogens is 3. The zero-order chi connectivity index (χ0) is 15.5. The first-order chi connectivity index (χ1) is 9.98. The number of aryl methyl sites for hydroxylation is 1. The summed E-state index contributed by atoms with van der Waals surface area (Å²) < 4.78 is 28.3. The monoisotopic (exact) mass is 309 g/mol. The summed E-state index contributed by atoms with van der Waals surface area (Å²) >= 11 is 0. The summed E-state index contributed by atoms with van der Waals surface area (Å²) in [4.78, 5) is 3.98. The highest BCUT2D eigenvalue weighted by atomic mass is 32.2. The number of sulfonamides is 1. The van der Waals surface area contributed by atoms with Gasteiger partial charge < -0.3 is 5.73 Å². The van der Waals surface area contributed by atoms with Gasteiger partial charge >= 0.3 is 0 Å². The summed E-state index contributed by atoms with van der Waals surface area (Å²) in [6.07, 6.45) is 4.75. The van der Waals surface area contributed by atoms with Gasteiger partial charge in [-0.1, -0.05) is 6.92 Å². The number of nitrogens with zero attached hydrogens (tertiary/aromatic N) is 4. The van der Waals surface area contributed by atoms with Crippen molar-refractivity contribution < 1.29 is 8.42 Å². The van der Waals surface area contributed by atoms with Crippen LogP contribution in [0, 0.1) is 0 Å². The maximum absolute atomic E-state index is 12.7. The van der Waals surface area contributed by atoms with Crippen molar-refractivity contribution >= 4 is 15.8 Å². The van der Waals surface area contributed by atoms with Crippen LogP contribution < -0.4 is 5.73 Å². The predicted molar refractivity (Wildman–Crippen MR) is 79.8 cm³/mol. The van der Waals surface area contributed by atoms with E-state index in [0.717, 1.165) is 5.56 Å². The quantitative estimate of drug-likeness (QED) is 0.862. The molecule has 2 N–H and O–H groups in total. The van der Waals surface area contributed by atoms with Gasteiger partial charge in [0.15, 0.2) is 5.82 Å². The molecular formula is C13H19N5O2S. The molecule has 2 aromatic heterocycles. The van der Waals surface area contributed by atoms with E-state index >= 15 is 0 Å². The standard InChI is InChI=1S/C13H19N5O2S/c1-3-17-10-12(13(14)16-17)21(19,20)18(4-2)9-11-5-7-15-8-6-11/h5-8,10H,3-4,9H2,1-2H3,(H2,14,16). The second-order valence-corrected chi connectivity index (χ2v) is 6.43. The zero-order valence-electron chi connectivity index (χ0n) is 12.1. The molecule has 2 heterocycles. The van der Waals surface area contributed by atoms with Gasteiger partial charge in [0.1, 0.15) is 4.90 Å². The molecule has 7 nitrogen and oxygen atoms in total. The fraction of sp³-hybridized carbons (Fsp3) is 0.385. The van der Waals surface area contributed by atoms with E-state index in [9.17, 15) is 8.42 Å². The van der Waals surface area contributed by atoms with Crippen molar-refractivity contribution in [2.75, 3.05) is 12.3 Å². The molecule has 21 heavy (non-hydrogen) atoms. The third-order valence-corrected chi connectivity index (χ3v) is 5.10. The smallest absolute Gasteiger partial charge is 0.248 e.